The van der Waals surface area contributed by atoms with Gasteiger partial charge in [0.2, 0.25) is 5.82 Å². The molecule has 0 N–H and O–H groups in total. The highest BCUT2D eigenvalue weighted by Gasteiger charge is 2.08. The number of nitrogens with zero attached hydrogens (tertiary/aromatic N) is 3. The summed E-state index contributed by atoms with van der Waals surface area (Å²) in [7, 11) is 0. The molecule has 0 spiro atoms. The lowest BCUT2D eigenvalue weighted by atomic mass is 10.2. The van der Waals surface area contributed by atoms with Crippen LogP contribution >= 0.6 is 0 Å². The van der Waals surface area contributed by atoms with Gasteiger partial charge in [-0.2, -0.15) is 10.2 Å². The molecule has 0 amide bonds. The number of ether oxygens (including phenoxy) is 1. The third-order valence-corrected chi connectivity index (χ3v) is 2.83. The Kier molecular flexibility index (Phi) is 3.61. The summed E-state index contributed by atoms with van der Waals surface area (Å²) >= 11 is 0. The predicted octanol–water partition coefficient (Wildman–Crippen LogP) is 3.19. The van der Waals surface area contributed by atoms with E-state index in [0.717, 1.165) is 5.56 Å². The van der Waals surface area contributed by atoms with Gasteiger partial charge >= 0.3 is 0 Å². The molecule has 5 nitrogen and oxygen atoms in total. The van der Waals surface area contributed by atoms with Crippen LogP contribution in [-0.4, -0.2) is 10.1 Å². The van der Waals surface area contributed by atoms with Crippen LogP contribution in [0.15, 0.2) is 59.1 Å². The zero-order chi connectivity index (χ0) is 14.5. The maximum Gasteiger partial charge on any atom is 0.264 e. The third kappa shape index (κ3) is 3.07. The average Bonchev–Trinajstić information content (AvgIpc) is 3.03. The summed E-state index contributed by atoms with van der Waals surface area (Å²) < 4.78 is 10.7. The van der Waals surface area contributed by atoms with Crippen LogP contribution in [0.1, 0.15) is 11.5 Å². The molecular formula is C16H11N3O2. The molecule has 0 atom stereocenters. The molecule has 0 bridgehead atoms. The highest BCUT2D eigenvalue weighted by Crippen LogP contribution is 2.17. The molecule has 1 aromatic heterocycles. The Morgan fingerprint density at radius 1 is 1.10 bits per heavy atom. The van der Waals surface area contributed by atoms with Crippen molar-refractivity contribution in [2.45, 2.75) is 6.61 Å². The van der Waals surface area contributed by atoms with Crippen LogP contribution in [0.25, 0.3) is 11.4 Å². The molecule has 0 aliphatic heterocycles. The molecule has 2 aromatic carbocycles. The van der Waals surface area contributed by atoms with Crippen LogP contribution < -0.4 is 4.74 Å². The Hall–Kier alpha value is -3.13. The van der Waals surface area contributed by atoms with E-state index in [-0.39, 0.29) is 6.61 Å². The summed E-state index contributed by atoms with van der Waals surface area (Å²) in [5.41, 5.74) is 1.43. The van der Waals surface area contributed by atoms with E-state index in [2.05, 4.69) is 16.2 Å². The molecule has 0 fully saturated rings. The Balaban J connectivity index is 1.69. The van der Waals surface area contributed by atoms with Gasteiger partial charge in [-0.1, -0.05) is 41.6 Å². The molecule has 0 radical (unpaired) electrons. The first-order valence-corrected chi connectivity index (χ1v) is 6.36. The van der Waals surface area contributed by atoms with E-state index in [4.69, 9.17) is 14.5 Å². The topological polar surface area (TPSA) is 71.9 Å². The van der Waals surface area contributed by atoms with Gasteiger partial charge in [-0.05, 0) is 18.2 Å². The van der Waals surface area contributed by atoms with Gasteiger partial charge in [0.1, 0.15) is 5.75 Å². The molecule has 0 aliphatic rings. The van der Waals surface area contributed by atoms with Gasteiger partial charge in [-0.15, -0.1) is 0 Å². The van der Waals surface area contributed by atoms with E-state index in [1.807, 2.05) is 30.3 Å². The first-order chi connectivity index (χ1) is 10.3. The van der Waals surface area contributed by atoms with Crippen molar-refractivity contribution in [3.8, 4) is 23.2 Å². The number of aromatic nitrogens is 2. The fraction of sp³-hybridized carbons (Fsp3) is 0.0625. The van der Waals surface area contributed by atoms with Crippen molar-refractivity contribution in [3.63, 3.8) is 0 Å². The Morgan fingerprint density at radius 2 is 1.95 bits per heavy atom. The largest absolute Gasteiger partial charge is 0.484 e. The number of nitriles is 1. The number of benzene rings is 2. The van der Waals surface area contributed by atoms with Gasteiger partial charge < -0.3 is 9.26 Å². The second-order valence-electron chi connectivity index (χ2n) is 4.31. The van der Waals surface area contributed by atoms with Crippen molar-refractivity contribution < 1.29 is 9.26 Å². The lowest BCUT2D eigenvalue weighted by Gasteiger charge is -2.02. The third-order valence-electron chi connectivity index (χ3n) is 2.83. The monoisotopic (exact) mass is 277 g/mol. The zero-order valence-electron chi connectivity index (χ0n) is 11.1. The molecular weight excluding hydrogens is 266 g/mol. The number of rotatable bonds is 4. The SMILES string of the molecule is N#Cc1cccc(OCc2nc(-c3ccccc3)no2)c1. The summed E-state index contributed by atoms with van der Waals surface area (Å²) in [6, 6.07) is 18.5. The van der Waals surface area contributed by atoms with Gasteiger partial charge in [-0.3, -0.25) is 0 Å². The molecule has 21 heavy (non-hydrogen) atoms. The van der Waals surface area contributed by atoms with Crippen LogP contribution in [0.5, 0.6) is 5.75 Å². The zero-order valence-corrected chi connectivity index (χ0v) is 11.1. The van der Waals surface area contributed by atoms with Crippen molar-refractivity contribution in [2.75, 3.05) is 0 Å². The highest BCUT2D eigenvalue weighted by molar-refractivity contribution is 5.53. The van der Waals surface area contributed by atoms with Gasteiger partial charge in [-0.25, -0.2) is 0 Å². The molecule has 0 unspecified atom stereocenters. The van der Waals surface area contributed by atoms with Crippen LogP contribution in [0, 0.1) is 11.3 Å². The van der Waals surface area contributed by atoms with Crippen LogP contribution in [0.2, 0.25) is 0 Å². The maximum atomic E-state index is 8.83. The highest BCUT2D eigenvalue weighted by atomic mass is 16.5. The maximum absolute atomic E-state index is 8.83. The fourth-order valence-corrected chi connectivity index (χ4v) is 1.82. The number of hydrogen-bond donors (Lipinski definition) is 0. The van der Waals surface area contributed by atoms with Crippen LogP contribution in [-0.2, 0) is 6.61 Å². The summed E-state index contributed by atoms with van der Waals surface area (Å²) in [4.78, 5) is 4.27. The minimum absolute atomic E-state index is 0.161. The normalized spacial score (nSPS) is 10.0. The smallest absolute Gasteiger partial charge is 0.264 e. The average molecular weight is 277 g/mol. The van der Waals surface area contributed by atoms with E-state index in [1.54, 1.807) is 24.3 Å². The van der Waals surface area contributed by atoms with Crippen molar-refractivity contribution in [3.05, 3.63) is 66.1 Å². The molecule has 0 saturated heterocycles. The molecule has 1 heterocycles. The van der Waals surface area contributed by atoms with Gasteiger partial charge in [0.25, 0.3) is 5.89 Å². The summed E-state index contributed by atoms with van der Waals surface area (Å²) in [5, 5.41) is 12.7. The van der Waals surface area contributed by atoms with Crippen LogP contribution in [0.4, 0.5) is 0 Å². The second kappa shape index (κ2) is 5.88. The lowest BCUT2D eigenvalue weighted by Crippen LogP contribution is -1.96. The molecule has 102 valence electrons. The Labute approximate surface area is 121 Å². The predicted molar refractivity (Wildman–Crippen MR) is 75.2 cm³/mol. The molecule has 5 heteroatoms. The van der Waals surface area contributed by atoms with Crippen molar-refractivity contribution in [1.82, 2.24) is 10.1 Å². The standard InChI is InChI=1S/C16H11N3O2/c17-10-12-5-4-8-14(9-12)20-11-15-18-16(19-21-15)13-6-2-1-3-7-13/h1-9H,11H2. The minimum atomic E-state index is 0.161. The molecule has 3 aromatic rings. The van der Waals surface area contributed by atoms with E-state index in [1.165, 1.54) is 0 Å². The first kappa shape index (κ1) is 12.9. The lowest BCUT2D eigenvalue weighted by molar-refractivity contribution is 0.243. The van der Waals surface area contributed by atoms with Gasteiger partial charge in [0.05, 0.1) is 11.6 Å². The van der Waals surface area contributed by atoms with E-state index < -0.39 is 0 Å². The Morgan fingerprint density at radius 3 is 2.76 bits per heavy atom. The number of hydrogen-bond acceptors (Lipinski definition) is 5. The Bertz CT molecular complexity index is 775. The van der Waals surface area contributed by atoms with Gasteiger partial charge in [0, 0.05) is 5.56 Å². The van der Waals surface area contributed by atoms with Crippen LogP contribution in [0.3, 0.4) is 0 Å². The first-order valence-electron chi connectivity index (χ1n) is 6.36. The van der Waals surface area contributed by atoms with Crippen molar-refractivity contribution in [2.24, 2.45) is 0 Å². The minimum Gasteiger partial charge on any atom is -0.484 e. The van der Waals surface area contributed by atoms with E-state index >= 15 is 0 Å². The summed E-state index contributed by atoms with van der Waals surface area (Å²) in [6.45, 7) is 0.161. The molecule has 0 saturated carbocycles. The van der Waals surface area contributed by atoms with E-state index in [9.17, 15) is 0 Å². The van der Waals surface area contributed by atoms with Crippen molar-refractivity contribution >= 4 is 0 Å². The molecule has 0 aliphatic carbocycles. The van der Waals surface area contributed by atoms with Gasteiger partial charge in [0.15, 0.2) is 6.61 Å². The fourth-order valence-electron chi connectivity index (χ4n) is 1.82. The second-order valence-corrected chi connectivity index (χ2v) is 4.31. The summed E-state index contributed by atoms with van der Waals surface area (Å²) in [5.74, 6) is 1.50. The summed E-state index contributed by atoms with van der Waals surface area (Å²) in [6.07, 6.45) is 0. The quantitative estimate of drug-likeness (QED) is 0.732. The van der Waals surface area contributed by atoms with Crippen molar-refractivity contribution in [1.29, 1.82) is 5.26 Å². The molecule has 3 rings (SSSR count). The van der Waals surface area contributed by atoms with E-state index in [0.29, 0.717) is 23.0 Å².